The van der Waals surface area contributed by atoms with E-state index in [1.165, 1.54) is 23.8 Å². The summed E-state index contributed by atoms with van der Waals surface area (Å²) in [6.07, 6.45) is 12.6. The van der Waals surface area contributed by atoms with Gasteiger partial charge in [-0.15, -0.1) is 0 Å². The van der Waals surface area contributed by atoms with E-state index in [-0.39, 0.29) is 0 Å². The van der Waals surface area contributed by atoms with Crippen molar-refractivity contribution in [2.45, 2.75) is 75.4 Å². The van der Waals surface area contributed by atoms with E-state index >= 15 is 0 Å². The van der Waals surface area contributed by atoms with E-state index in [0.717, 1.165) is 76.3 Å². The Labute approximate surface area is 195 Å². The highest BCUT2D eigenvalue weighted by molar-refractivity contribution is 5.91. The smallest absolute Gasteiger partial charge is 0.222 e. The molecule has 0 spiro atoms. The van der Waals surface area contributed by atoms with Gasteiger partial charge in [-0.2, -0.15) is 0 Å². The van der Waals surface area contributed by atoms with Crippen LogP contribution in [0.5, 0.6) is 0 Å². The number of aromatic nitrogens is 3. The quantitative estimate of drug-likeness (QED) is 0.741. The summed E-state index contributed by atoms with van der Waals surface area (Å²) < 4.78 is 5.58. The van der Waals surface area contributed by atoms with Crippen molar-refractivity contribution < 1.29 is 9.53 Å². The van der Waals surface area contributed by atoms with Crippen LogP contribution in [0.3, 0.4) is 0 Å². The minimum atomic E-state index is 0.334. The molecule has 2 N–H and O–H groups in total. The van der Waals surface area contributed by atoms with E-state index < -0.39 is 0 Å². The number of amides is 1. The van der Waals surface area contributed by atoms with E-state index in [4.69, 9.17) is 4.74 Å². The Bertz CT molecular complexity index is 994. The average Bonchev–Trinajstić information content (AvgIpc) is 3.41. The molecule has 4 aliphatic rings. The first-order valence-corrected chi connectivity index (χ1v) is 12.8. The molecule has 1 saturated carbocycles. The molecule has 5 heterocycles. The largest absolute Gasteiger partial charge is 0.381 e. The van der Waals surface area contributed by atoms with Gasteiger partial charge in [0.25, 0.3) is 0 Å². The van der Waals surface area contributed by atoms with Gasteiger partial charge in [-0.25, -0.2) is 9.97 Å². The molecule has 0 radical (unpaired) electrons. The zero-order valence-electron chi connectivity index (χ0n) is 19.6. The van der Waals surface area contributed by atoms with Gasteiger partial charge in [0.1, 0.15) is 17.8 Å². The Kier molecular flexibility index (Phi) is 5.74. The first-order valence-electron chi connectivity index (χ1n) is 12.8. The fourth-order valence-electron chi connectivity index (χ4n) is 6.85. The number of carbonyl (C=O) groups is 1. The minimum absolute atomic E-state index is 0.334. The van der Waals surface area contributed by atoms with Crippen LogP contribution >= 0.6 is 0 Å². The monoisotopic (exact) mass is 452 g/mol. The van der Waals surface area contributed by atoms with Crippen molar-refractivity contribution >= 4 is 22.8 Å². The maximum atomic E-state index is 12.1. The summed E-state index contributed by atoms with van der Waals surface area (Å²) in [7, 11) is 1.99. The maximum absolute atomic E-state index is 12.1. The predicted octanol–water partition coefficient (Wildman–Crippen LogP) is 3.13. The van der Waals surface area contributed by atoms with Gasteiger partial charge in [-0.3, -0.25) is 9.69 Å². The first-order chi connectivity index (χ1) is 16.2. The molecule has 2 aromatic heterocycles. The lowest BCUT2D eigenvalue weighted by Crippen LogP contribution is -2.50. The number of hydrogen-bond acceptors (Lipinski definition) is 6. The first kappa shape index (κ1) is 21.4. The number of ether oxygens (including phenoxy) is 1. The third-order valence-electron chi connectivity index (χ3n) is 8.77. The van der Waals surface area contributed by atoms with Gasteiger partial charge in [-0.05, 0) is 56.4 Å². The molecule has 2 atom stereocenters. The molecule has 8 heteroatoms. The van der Waals surface area contributed by atoms with Crippen LogP contribution in [0.4, 0.5) is 5.82 Å². The topological polar surface area (TPSA) is 86.4 Å². The van der Waals surface area contributed by atoms with Crippen LogP contribution in [0.2, 0.25) is 0 Å². The molecule has 178 valence electrons. The summed E-state index contributed by atoms with van der Waals surface area (Å²) in [4.78, 5) is 29.3. The second kappa shape index (κ2) is 8.87. The van der Waals surface area contributed by atoms with Crippen LogP contribution in [0.1, 0.15) is 62.8 Å². The van der Waals surface area contributed by atoms with Gasteiger partial charge >= 0.3 is 0 Å². The molecule has 33 heavy (non-hydrogen) atoms. The van der Waals surface area contributed by atoms with E-state index in [9.17, 15) is 4.79 Å². The predicted molar refractivity (Wildman–Crippen MR) is 127 cm³/mol. The molecule has 3 saturated heterocycles. The van der Waals surface area contributed by atoms with Crippen LogP contribution < -0.4 is 5.32 Å². The number of fused-ring (bicyclic) bond motifs is 2. The summed E-state index contributed by atoms with van der Waals surface area (Å²) in [6, 6.07) is 1.58. The van der Waals surface area contributed by atoms with Gasteiger partial charge in [0.2, 0.25) is 5.91 Å². The molecule has 2 aromatic rings. The molecule has 1 amide bonds. The summed E-state index contributed by atoms with van der Waals surface area (Å²) >= 11 is 0. The van der Waals surface area contributed by atoms with Crippen molar-refractivity contribution in [1.82, 2.24) is 24.8 Å². The van der Waals surface area contributed by atoms with Crippen LogP contribution in [0.15, 0.2) is 12.5 Å². The number of anilines is 1. The second-order valence-corrected chi connectivity index (χ2v) is 10.5. The molecule has 0 bridgehead atoms. The van der Waals surface area contributed by atoms with E-state index in [0.29, 0.717) is 35.9 Å². The van der Waals surface area contributed by atoms with Gasteiger partial charge in [0.15, 0.2) is 0 Å². The summed E-state index contributed by atoms with van der Waals surface area (Å²) in [5.41, 5.74) is 2.27. The van der Waals surface area contributed by atoms with E-state index in [1.54, 1.807) is 6.33 Å². The molecule has 1 aliphatic carbocycles. The lowest BCUT2D eigenvalue weighted by atomic mass is 9.86. The summed E-state index contributed by atoms with van der Waals surface area (Å²) in [5, 5.41) is 4.96. The Morgan fingerprint density at radius 3 is 2.73 bits per heavy atom. The number of rotatable bonds is 4. The minimum Gasteiger partial charge on any atom is -0.381 e. The molecule has 0 unspecified atom stereocenters. The second-order valence-electron chi connectivity index (χ2n) is 10.5. The van der Waals surface area contributed by atoms with E-state index in [2.05, 4.69) is 31.4 Å². The van der Waals surface area contributed by atoms with Gasteiger partial charge in [0.05, 0.1) is 5.39 Å². The lowest BCUT2D eigenvalue weighted by molar-refractivity contribution is -0.127. The number of carbonyl (C=O) groups excluding carboxylic acids is 1. The molecule has 8 nitrogen and oxygen atoms in total. The van der Waals surface area contributed by atoms with Crippen LogP contribution in [0.25, 0.3) is 11.0 Å². The Morgan fingerprint density at radius 2 is 1.91 bits per heavy atom. The summed E-state index contributed by atoms with van der Waals surface area (Å²) in [5.74, 6) is 2.36. The lowest BCUT2D eigenvalue weighted by Gasteiger charge is -2.43. The number of piperidine rings is 1. The third-order valence-corrected chi connectivity index (χ3v) is 8.77. The molecular weight excluding hydrogens is 416 g/mol. The highest BCUT2D eigenvalue weighted by Crippen LogP contribution is 2.37. The fourth-order valence-corrected chi connectivity index (χ4v) is 6.85. The Hall–Kier alpha value is -2.19. The zero-order chi connectivity index (χ0) is 22.4. The van der Waals surface area contributed by atoms with Crippen molar-refractivity contribution in [2.75, 3.05) is 38.7 Å². The molecule has 4 fully saturated rings. The number of H-pyrrole nitrogens is 1. The van der Waals surface area contributed by atoms with E-state index in [1.807, 2.05) is 11.9 Å². The Balaban J connectivity index is 1.10. The number of hydrogen-bond donors (Lipinski definition) is 2. The highest BCUT2D eigenvalue weighted by atomic mass is 16.5. The molecule has 3 aliphatic heterocycles. The average molecular weight is 453 g/mol. The standard InChI is InChI=1S/C25H36N6O2/c1-30-21-6-9-31(14-17(21)12-22(30)32)19-4-2-18(3-5-19)29-25-23-20(16-7-10-33-11-8-16)13-26-24(23)27-15-28-25/h13,15-19,21H,2-12,14H2,1H3,(H2,26,27,28,29)/t17-,18-,19-,21+/m0/s1. The number of nitrogens with one attached hydrogen (secondary N) is 2. The van der Waals surface area contributed by atoms with Crippen molar-refractivity contribution in [2.24, 2.45) is 5.92 Å². The van der Waals surface area contributed by atoms with Crippen LogP contribution in [0, 0.1) is 5.92 Å². The zero-order valence-corrected chi connectivity index (χ0v) is 19.6. The summed E-state index contributed by atoms with van der Waals surface area (Å²) in [6.45, 7) is 3.89. The molecule has 0 aromatic carbocycles. The highest BCUT2D eigenvalue weighted by Gasteiger charge is 2.42. The Morgan fingerprint density at radius 1 is 1.09 bits per heavy atom. The van der Waals surface area contributed by atoms with Crippen molar-refractivity contribution in [3.8, 4) is 0 Å². The third kappa shape index (κ3) is 4.01. The van der Waals surface area contributed by atoms with Crippen molar-refractivity contribution in [3.05, 3.63) is 18.1 Å². The van der Waals surface area contributed by atoms with Gasteiger partial charge in [0, 0.05) is 70.0 Å². The SMILES string of the molecule is CN1C(=O)C[C@H]2CN([C@H]3CC[C@H](Nc4ncnc5[nH]cc(C6CCOCC6)c45)CC3)CC[C@H]21. The fraction of sp³-hybridized carbons (Fsp3) is 0.720. The number of aromatic amines is 1. The van der Waals surface area contributed by atoms with Crippen molar-refractivity contribution in [1.29, 1.82) is 0 Å². The normalized spacial score (nSPS) is 31.8. The van der Waals surface area contributed by atoms with Crippen LogP contribution in [-0.2, 0) is 9.53 Å². The molecule has 6 rings (SSSR count). The van der Waals surface area contributed by atoms with Crippen molar-refractivity contribution in [3.63, 3.8) is 0 Å². The number of nitrogens with zero attached hydrogens (tertiary/aromatic N) is 4. The molecular formula is C25H36N6O2. The van der Waals surface area contributed by atoms with Gasteiger partial charge < -0.3 is 19.9 Å². The van der Waals surface area contributed by atoms with Gasteiger partial charge in [-0.1, -0.05) is 0 Å². The number of likely N-dealkylation sites (tertiary alicyclic amines) is 2. The van der Waals surface area contributed by atoms with Crippen LogP contribution in [-0.4, -0.2) is 82.1 Å². The maximum Gasteiger partial charge on any atom is 0.222 e.